The molecule has 0 spiro atoms. The molecule has 2 rings (SSSR count). The number of hydrogen-bond acceptors (Lipinski definition) is 1. The number of benzene rings is 1. The molecule has 0 saturated heterocycles. The lowest BCUT2D eigenvalue weighted by Gasteiger charge is -2.27. The Kier molecular flexibility index (Phi) is 3.22. The van der Waals surface area contributed by atoms with Crippen molar-refractivity contribution in [2.75, 3.05) is 12.8 Å². The zero-order valence-electron chi connectivity index (χ0n) is 9.32. The lowest BCUT2D eigenvalue weighted by Crippen LogP contribution is -2.32. The molecule has 0 N–H and O–H groups in total. The lowest BCUT2D eigenvalue weighted by molar-refractivity contribution is 0.421. The maximum Gasteiger partial charge on any atom is 0.0914 e. The van der Waals surface area contributed by atoms with Crippen LogP contribution in [0, 0.1) is 0 Å². The molecule has 0 amide bonds. The van der Waals surface area contributed by atoms with Crippen molar-refractivity contribution in [3.63, 3.8) is 0 Å². The third-order valence-corrected chi connectivity index (χ3v) is 4.12. The molecule has 1 heterocycles. The van der Waals surface area contributed by atoms with Crippen LogP contribution in [0.15, 0.2) is 18.2 Å². The van der Waals surface area contributed by atoms with Crippen molar-refractivity contribution in [2.45, 2.75) is 26.3 Å². The van der Waals surface area contributed by atoms with Gasteiger partial charge in [0.2, 0.25) is 0 Å². The molecule has 2 nitrogen and oxygen atoms in total. The van der Waals surface area contributed by atoms with Gasteiger partial charge in [-0.2, -0.15) is 0 Å². The SMILES string of the molecule is CCc1cccc2c1CN(S(C)=O)CC2. The summed E-state index contributed by atoms with van der Waals surface area (Å²) in [6, 6.07) is 6.52. The van der Waals surface area contributed by atoms with Gasteiger partial charge < -0.3 is 0 Å². The topological polar surface area (TPSA) is 20.3 Å². The zero-order valence-corrected chi connectivity index (χ0v) is 10.1. The second kappa shape index (κ2) is 4.45. The van der Waals surface area contributed by atoms with Crippen molar-refractivity contribution in [2.24, 2.45) is 0 Å². The minimum atomic E-state index is -0.836. The molecule has 1 aliphatic rings. The summed E-state index contributed by atoms with van der Waals surface area (Å²) >= 11 is 0. The Labute approximate surface area is 93.9 Å². The minimum absolute atomic E-state index is 0.836. The van der Waals surface area contributed by atoms with Crippen LogP contribution in [-0.2, 0) is 30.4 Å². The van der Waals surface area contributed by atoms with Crippen LogP contribution in [0.4, 0.5) is 0 Å². The van der Waals surface area contributed by atoms with E-state index in [1.807, 2.05) is 4.31 Å². The van der Waals surface area contributed by atoms with Gasteiger partial charge in [-0.15, -0.1) is 0 Å². The fourth-order valence-electron chi connectivity index (χ4n) is 2.18. The molecule has 3 heteroatoms. The molecular weight excluding hydrogens is 206 g/mol. The highest BCUT2D eigenvalue weighted by Gasteiger charge is 2.19. The van der Waals surface area contributed by atoms with Crippen molar-refractivity contribution < 1.29 is 4.21 Å². The Morgan fingerprint density at radius 1 is 1.47 bits per heavy atom. The van der Waals surface area contributed by atoms with Gasteiger partial charge in [-0.1, -0.05) is 25.1 Å². The summed E-state index contributed by atoms with van der Waals surface area (Å²) < 4.78 is 13.5. The summed E-state index contributed by atoms with van der Waals surface area (Å²) in [5.74, 6) is 0. The molecule has 1 aromatic rings. The Morgan fingerprint density at radius 2 is 2.27 bits per heavy atom. The van der Waals surface area contributed by atoms with E-state index in [1.165, 1.54) is 16.7 Å². The molecule has 0 aromatic heterocycles. The average molecular weight is 223 g/mol. The van der Waals surface area contributed by atoms with Crippen molar-refractivity contribution in [3.05, 3.63) is 34.9 Å². The fourth-order valence-corrected chi connectivity index (χ4v) is 2.84. The van der Waals surface area contributed by atoms with Crippen LogP contribution in [0.2, 0.25) is 0 Å². The number of hydrogen-bond donors (Lipinski definition) is 0. The Bertz CT molecular complexity index is 375. The van der Waals surface area contributed by atoms with E-state index < -0.39 is 11.0 Å². The van der Waals surface area contributed by atoms with Crippen LogP contribution in [0.25, 0.3) is 0 Å². The largest absolute Gasteiger partial charge is 0.243 e. The summed E-state index contributed by atoms with van der Waals surface area (Å²) in [5, 5.41) is 0. The lowest BCUT2D eigenvalue weighted by atomic mass is 9.95. The summed E-state index contributed by atoms with van der Waals surface area (Å²) in [7, 11) is -0.836. The second-order valence-corrected chi connectivity index (χ2v) is 5.31. The third kappa shape index (κ3) is 2.13. The average Bonchev–Trinajstić information content (AvgIpc) is 2.27. The molecule has 1 unspecified atom stereocenters. The van der Waals surface area contributed by atoms with Crippen molar-refractivity contribution >= 4 is 11.0 Å². The number of fused-ring (bicyclic) bond motifs is 1. The molecule has 0 saturated carbocycles. The van der Waals surface area contributed by atoms with Gasteiger partial charge >= 0.3 is 0 Å². The number of rotatable bonds is 2. The van der Waals surface area contributed by atoms with Gasteiger partial charge in [-0.25, -0.2) is 8.51 Å². The summed E-state index contributed by atoms with van der Waals surface area (Å²) in [6.07, 6.45) is 3.86. The van der Waals surface area contributed by atoms with E-state index in [0.29, 0.717) is 0 Å². The van der Waals surface area contributed by atoms with E-state index in [2.05, 4.69) is 25.1 Å². The van der Waals surface area contributed by atoms with E-state index in [1.54, 1.807) is 6.26 Å². The normalized spacial score (nSPS) is 18.5. The van der Waals surface area contributed by atoms with Gasteiger partial charge in [0.05, 0.1) is 11.0 Å². The Balaban J connectivity index is 2.34. The van der Waals surface area contributed by atoms with Gasteiger partial charge in [0.25, 0.3) is 0 Å². The molecule has 15 heavy (non-hydrogen) atoms. The van der Waals surface area contributed by atoms with Gasteiger partial charge in [0.1, 0.15) is 0 Å². The Hall–Kier alpha value is -0.670. The molecule has 0 aliphatic carbocycles. The number of aryl methyl sites for hydroxylation is 1. The summed E-state index contributed by atoms with van der Waals surface area (Å²) in [4.78, 5) is 0. The van der Waals surface area contributed by atoms with Crippen molar-refractivity contribution in [3.8, 4) is 0 Å². The summed E-state index contributed by atoms with van der Waals surface area (Å²) in [5.41, 5.74) is 4.25. The Morgan fingerprint density at radius 3 is 2.93 bits per heavy atom. The molecule has 1 aromatic carbocycles. The van der Waals surface area contributed by atoms with Gasteiger partial charge in [-0.05, 0) is 29.5 Å². The first-order chi connectivity index (χ1) is 7.22. The summed E-state index contributed by atoms with van der Waals surface area (Å²) in [6.45, 7) is 3.95. The predicted molar refractivity (Wildman–Crippen MR) is 64.0 cm³/mol. The van der Waals surface area contributed by atoms with Crippen LogP contribution in [0.3, 0.4) is 0 Å². The fraction of sp³-hybridized carbons (Fsp3) is 0.500. The quantitative estimate of drug-likeness (QED) is 0.750. The highest BCUT2D eigenvalue weighted by atomic mass is 32.2. The van der Waals surface area contributed by atoms with E-state index in [0.717, 1.165) is 25.9 Å². The molecular formula is C12H17NOS. The molecule has 0 fully saturated rings. The van der Waals surface area contributed by atoms with E-state index in [9.17, 15) is 4.21 Å². The van der Waals surface area contributed by atoms with E-state index in [-0.39, 0.29) is 0 Å². The first-order valence-electron chi connectivity index (χ1n) is 5.40. The van der Waals surface area contributed by atoms with Gasteiger partial charge in [-0.3, -0.25) is 0 Å². The van der Waals surface area contributed by atoms with Crippen LogP contribution in [-0.4, -0.2) is 21.3 Å². The third-order valence-electron chi connectivity index (χ3n) is 3.08. The molecule has 82 valence electrons. The smallest absolute Gasteiger partial charge is 0.0914 e. The van der Waals surface area contributed by atoms with Crippen molar-refractivity contribution in [1.29, 1.82) is 0 Å². The molecule has 0 radical (unpaired) electrons. The monoisotopic (exact) mass is 223 g/mol. The zero-order chi connectivity index (χ0) is 10.8. The standard InChI is InChI=1S/C12H17NOS/c1-3-10-5-4-6-11-7-8-13(15(2)14)9-12(10)11/h4-6H,3,7-9H2,1-2H3. The van der Waals surface area contributed by atoms with E-state index in [4.69, 9.17) is 0 Å². The van der Waals surface area contributed by atoms with Gasteiger partial charge in [0.15, 0.2) is 0 Å². The van der Waals surface area contributed by atoms with Crippen LogP contribution in [0.5, 0.6) is 0 Å². The maximum atomic E-state index is 11.4. The molecule has 1 aliphatic heterocycles. The van der Waals surface area contributed by atoms with Gasteiger partial charge in [0, 0.05) is 19.3 Å². The van der Waals surface area contributed by atoms with E-state index >= 15 is 0 Å². The predicted octanol–water partition coefficient (Wildman–Crippen LogP) is 1.90. The first-order valence-corrected chi connectivity index (χ1v) is 6.92. The number of nitrogens with zero attached hydrogens (tertiary/aromatic N) is 1. The first kappa shape index (κ1) is 10.8. The van der Waals surface area contributed by atoms with Crippen LogP contribution < -0.4 is 0 Å². The molecule has 0 bridgehead atoms. The second-order valence-electron chi connectivity index (χ2n) is 3.95. The van der Waals surface area contributed by atoms with Crippen LogP contribution in [0.1, 0.15) is 23.6 Å². The highest BCUT2D eigenvalue weighted by Crippen LogP contribution is 2.23. The minimum Gasteiger partial charge on any atom is -0.243 e. The molecule has 1 atom stereocenters. The maximum absolute atomic E-state index is 11.4. The highest BCUT2D eigenvalue weighted by molar-refractivity contribution is 7.81. The van der Waals surface area contributed by atoms with Crippen molar-refractivity contribution in [1.82, 2.24) is 4.31 Å². The van der Waals surface area contributed by atoms with Crippen LogP contribution >= 0.6 is 0 Å².